The average molecular weight is 319 g/mol. The predicted octanol–water partition coefficient (Wildman–Crippen LogP) is 2.33. The zero-order valence-electron chi connectivity index (χ0n) is 7.52. The van der Waals surface area contributed by atoms with Gasteiger partial charge in [0.2, 0.25) is 0 Å². The van der Waals surface area contributed by atoms with Crippen LogP contribution in [0, 0.1) is 0 Å². The summed E-state index contributed by atoms with van der Waals surface area (Å²) in [4.78, 5) is 11.4. The van der Waals surface area contributed by atoms with E-state index in [0.29, 0.717) is 3.79 Å². The molecule has 2 nitrogen and oxygen atoms in total. The zero-order valence-corrected chi connectivity index (χ0v) is 11.3. The van der Waals surface area contributed by atoms with Gasteiger partial charge in [-0.2, -0.15) is 0 Å². The van der Waals surface area contributed by atoms with Gasteiger partial charge in [-0.3, -0.25) is 0 Å². The van der Waals surface area contributed by atoms with Crippen molar-refractivity contribution in [3.05, 3.63) is 0 Å². The summed E-state index contributed by atoms with van der Waals surface area (Å²) in [5, 5.41) is 3.29. The van der Waals surface area contributed by atoms with Crippen molar-refractivity contribution in [1.29, 1.82) is 0 Å². The van der Waals surface area contributed by atoms with Crippen molar-refractivity contribution in [3.8, 4) is 0 Å². The molecule has 1 fully saturated rings. The van der Waals surface area contributed by atoms with E-state index < -0.39 is 19.8 Å². The molecule has 12 heavy (non-hydrogen) atoms. The molecule has 0 radical (unpaired) electrons. The summed E-state index contributed by atoms with van der Waals surface area (Å²) < 4.78 is 2.72. The van der Waals surface area contributed by atoms with Gasteiger partial charge in [0.15, 0.2) is 0 Å². The molecule has 1 aliphatic heterocycles. The molecule has 1 saturated heterocycles. The van der Waals surface area contributed by atoms with Gasteiger partial charge in [-0.1, -0.05) is 0 Å². The Labute approximate surface area is 88.8 Å². The van der Waals surface area contributed by atoms with Gasteiger partial charge < -0.3 is 0 Å². The molecule has 0 aromatic carbocycles. The Morgan fingerprint density at radius 3 is 2.83 bits per heavy atom. The fourth-order valence-corrected chi connectivity index (χ4v) is 13.8. The van der Waals surface area contributed by atoms with Gasteiger partial charge in [0.1, 0.15) is 0 Å². The van der Waals surface area contributed by atoms with Crippen molar-refractivity contribution in [2.75, 3.05) is 15.2 Å². The van der Waals surface area contributed by atoms with Crippen molar-refractivity contribution in [2.45, 2.75) is 18.7 Å². The number of carbonyl (C=O) groups is 1. The van der Waals surface area contributed by atoms with Crippen LogP contribution in [0.25, 0.3) is 0 Å². The predicted molar refractivity (Wildman–Crippen MR) is 67.1 cm³/mol. The Bertz CT molecular complexity index is 190. The SMILES string of the molecule is CNC1(C)CI(C(C)=O)CSS1. The van der Waals surface area contributed by atoms with Gasteiger partial charge in [-0.05, 0) is 0 Å². The summed E-state index contributed by atoms with van der Waals surface area (Å²) in [7, 11) is 5.72. The van der Waals surface area contributed by atoms with E-state index in [1.165, 1.54) is 0 Å². The number of alkyl halides is 2. The zero-order chi connectivity index (χ0) is 9.19. The Morgan fingerprint density at radius 1 is 1.67 bits per heavy atom. The maximum atomic E-state index is 11.2. The first kappa shape index (κ1) is 11.1. The second kappa shape index (κ2) is 4.52. The van der Waals surface area contributed by atoms with Gasteiger partial charge >= 0.3 is 89.3 Å². The standard InChI is InChI=1S/C7H14INOS2/c1-6(10)8-4-7(2,9-3)12-11-5-8/h9H,4-5H2,1-3H3. The minimum atomic E-state index is -1.27. The van der Waals surface area contributed by atoms with Gasteiger partial charge in [0.05, 0.1) is 0 Å². The third kappa shape index (κ3) is 2.78. The van der Waals surface area contributed by atoms with Crippen molar-refractivity contribution in [1.82, 2.24) is 5.32 Å². The van der Waals surface area contributed by atoms with Gasteiger partial charge in [-0.25, -0.2) is 0 Å². The van der Waals surface area contributed by atoms with Crippen molar-refractivity contribution in [3.63, 3.8) is 0 Å². The second-order valence-electron chi connectivity index (χ2n) is 2.85. The third-order valence-electron chi connectivity index (χ3n) is 1.74. The van der Waals surface area contributed by atoms with E-state index in [9.17, 15) is 4.79 Å². The fourth-order valence-electron chi connectivity index (χ4n) is 0.854. The van der Waals surface area contributed by atoms with Crippen LogP contribution < -0.4 is 5.32 Å². The molecule has 5 heteroatoms. The molecule has 1 atom stereocenters. The van der Waals surface area contributed by atoms with Crippen LogP contribution in [0.3, 0.4) is 0 Å². The van der Waals surface area contributed by atoms with Crippen LogP contribution in [0.2, 0.25) is 0 Å². The van der Waals surface area contributed by atoms with E-state index in [2.05, 4.69) is 12.2 Å². The van der Waals surface area contributed by atoms with Crippen molar-refractivity contribution < 1.29 is 4.79 Å². The Kier molecular flexibility index (Phi) is 4.20. The third-order valence-corrected chi connectivity index (χ3v) is 14.3. The number of hydrogen-bond donors (Lipinski definition) is 1. The molecule has 0 saturated carbocycles. The molecule has 1 N–H and O–H groups in total. The van der Waals surface area contributed by atoms with E-state index >= 15 is 0 Å². The van der Waals surface area contributed by atoms with Crippen LogP contribution in [0.1, 0.15) is 13.8 Å². The molecule has 1 heterocycles. The summed E-state index contributed by atoms with van der Waals surface area (Å²) >= 11 is -1.27. The number of rotatable bonds is 2. The molecule has 0 aromatic heterocycles. The summed E-state index contributed by atoms with van der Waals surface area (Å²) in [5.41, 5.74) is 0. The Hall–Kier alpha value is 1.06. The quantitative estimate of drug-likeness (QED) is 0.366. The molecule has 1 unspecified atom stereocenters. The normalized spacial score (nSPS) is 33.4. The Balaban J connectivity index is 2.57. The van der Waals surface area contributed by atoms with Crippen LogP contribution in [0.4, 0.5) is 0 Å². The van der Waals surface area contributed by atoms with Crippen LogP contribution in [0.15, 0.2) is 0 Å². The molecule has 1 aliphatic rings. The molecule has 0 aliphatic carbocycles. The fraction of sp³-hybridized carbons (Fsp3) is 0.857. The van der Waals surface area contributed by atoms with Crippen LogP contribution in [-0.2, 0) is 4.79 Å². The topological polar surface area (TPSA) is 29.1 Å². The molecule has 0 amide bonds. The molecular formula is C7H14INOS2. The number of halogens is 1. The molecule has 1 rings (SSSR count). The summed E-state index contributed by atoms with van der Waals surface area (Å²) in [6.07, 6.45) is 0. The first-order valence-corrected chi connectivity index (χ1v) is 10.1. The minimum absolute atomic E-state index is 0.152. The maximum absolute atomic E-state index is 11.2. The second-order valence-corrected chi connectivity index (χ2v) is 12.3. The van der Waals surface area contributed by atoms with E-state index in [1.807, 2.05) is 28.6 Å². The van der Waals surface area contributed by atoms with Crippen LogP contribution >= 0.6 is 41.4 Å². The van der Waals surface area contributed by atoms with E-state index in [4.69, 9.17) is 0 Å². The van der Waals surface area contributed by atoms with E-state index in [1.54, 1.807) is 6.92 Å². The number of carbonyl (C=O) groups excluding carboxylic acids is 1. The molecular weight excluding hydrogens is 305 g/mol. The molecule has 72 valence electrons. The van der Waals surface area contributed by atoms with Crippen LogP contribution in [-0.4, -0.2) is 23.9 Å². The summed E-state index contributed by atoms with van der Waals surface area (Å²) in [6.45, 7) is 3.95. The van der Waals surface area contributed by atoms with Crippen LogP contribution in [0.5, 0.6) is 0 Å². The molecule has 0 bridgehead atoms. The number of nitrogens with one attached hydrogen (secondary N) is 1. The molecule has 0 aromatic rings. The molecule has 0 spiro atoms. The first-order chi connectivity index (χ1) is 5.57. The van der Waals surface area contributed by atoms with Gasteiger partial charge in [-0.15, -0.1) is 0 Å². The number of hydrogen-bond acceptors (Lipinski definition) is 4. The average Bonchev–Trinajstić information content (AvgIpc) is 2.05. The van der Waals surface area contributed by atoms with Gasteiger partial charge in [0, 0.05) is 0 Å². The van der Waals surface area contributed by atoms with Crippen molar-refractivity contribution >= 4 is 45.2 Å². The monoisotopic (exact) mass is 319 g/mol. The van der Waals surface area contributed by atoms with E-state index in [0.717, 1.165) is 8.19 Å². The first-order valence-electron chi connectivity index (χ1n) is 3.69. The Morgan fingerprint density at radius 2 is 2.33 bits per heavy atom. The van der Waals surface area contributed by atoms with E-state index in [-0.39, 0.29) is 4.87 Å². The summed E-state index contributed by atoms with van der Waals surface area (Å²) in [6, 6.07) is 0. The summed E-state index contributed by atoms with van der Waals surface area (Å²) in [5.74, 6) is 0. The van der Waals surface area contributed by atoms with Gasteiger partial charge in [0.25, 0.3) is 0 Å². The van der Waals surface area contributed by atoms with Crippen molar-refractivity contribution in [2.24, 2.45) is 0 Å².